The molecule has 0 fully saturated rings. The summed E-state index contributed by atoms with van der Waals surface area (Å²) in [6.07, 6.45) is 0. The lowest BCUT2D eigenvalue weighted by atomic mass is 10.0. The smallest absolute Gasteiger partial charge is 0.231 e. The van der Waals surface area contributed by atoms with E-state index >= 15 is 0 Å². The molecule has 1 aliphatic heterocycles. The first-order valence-corrected chi connectivity index (χ1v) is 7.32. The van der Waals surface area contributed by atoms with E-state index in [0.717, 1.165) is 18.0 Å². The molecule has 0 amide bonds. The van der Waals surface area contributed by atoms with Crippen LogP contribution in [0, 0.1) is 13.8 Å². The molecule has 1 atom stereocenters. The van der Waals surface area contributed by atoms with Crippen LogP contribution in [0.2, 0.25) is 0 Å². The third kappa shape index (κ3) is 3.19. The van der Waals surface area contributed by atoms with Gasteiger partial charge in [-0.1, -0.05) is 35.4 Å². The highest BCUT2D eigenvalue weighted by atomic mass is 16.7. The molecular formula is C18H21NO2. The van der Waals surface area contributed by atoms with Crippen LogP contribution in [0.5, 0.6) is 11.5 Å². The Bertz CT molecular complexity index is 631. The van der Waals surface area contributed by atoms with E-state index in [4.69, 9.17) is 9.47 Å². The van der Waals surface area contributed by atoms with Crippen molar-refractivity contribution >= 4 is 0 Å². The summed E-state index contributed by atoms with van der Waals surface area (Å²) in [6.45, 7) is 7.61. The highest BCUT2D eigenvalue weighted by Gasteiger charge is 2.13. The van der Waals surface area contributed by atoms with E-state index in [9.17, 15) is 0 Å². The largest absolute Gasteiger partial charge is 0.454 e. The highest BCUT2D eigenvalue weighted by molar-refractivity contribution is 5.44. The molecule has 0 aromatic heterocycles. The molecule has 0 bridgehead atoms. The van der Waals surface area contributed by atoms with Gasteiger partial charge in [-0.3, -0.25) is 0 Å². The van der Waals surface area contributed by atoms with Crippen molar-refractivity contribution in [2.75, 3.05) is 6.79 Å². The first-order chi connectivity index (χ1) is 10.1. The van der Waals surface area contributed by atoms with Crippen LogP contribution in [0.25, 0.3) is 0 Å². The highest BCUT2D eigenvalue weighted by Crippen LogP contribution is 2.32. The second-order valence-corrected chi connectivity index (χ2v) is 5.71. The van der Waals surface area contributed by atoms with Crippen LogP contribution in [0.1, 0.15) is 35.2 Å². The van der Waals surface area contributed by atoms with Crippen LogP contribution in [-0.2, 0) is 6.54 Å². The summed E-state index contributed by atoms with van der Waals surface area (Å²) in [4.78, 5) is 0. The first kappa shape index (κ1) is 14.0. The predicted octanol–water partition coefficient (Wildman–Crippen LogP) is 3.88. The molecule has 2 aromatic carbocycles. The third-order valence-corrected chi connectivity index (χ3v) is 3.79. The Morgan fingerprint density at radius 3 is 2.48 bits per heavy atom. The molecule has 3 rings (SSSR count). The van der Waals surface area contributed by atoms with Crippen LogP contribution < -0.4 is 14.8 Å². The molecule has 0 saturated heterocycles. The van der Waals surface area contributed by atoms with Gasteiger partial charge >= 0.3 is 0 Å². The second kappa shape index (κ2) is 5.78. The van der Waals surface area contributed by atoms with E-state index in [-0.39, 0.29) is 0 Å². The first-order valence-electron chi connectivity index (χ1n) is 7.32. The fourth-order valence-electron chi connectivity index (χ4n) is 2.70. The lowest BCUT2D eigenvalue weighted by Gasteiger charge is -2.16. The summed E-state index contributed by atoms with van der Waals surface area (Å²) in [5, 5.41) is 3.56. The van der Waals surface area contributed by atoms with E-state index in [0.29, 0.717) is 12.8 Å². The molecule has 1 aliphatic rings. The van der Waals surface area contributed by atoms with E-state index in [1.807, 2.05) is 12.1 Å². The number of aryl methyl sites for hydroxylation is 2. The van der Waals surface area contributed by atoms with Crippen molar-refractivity contribution in [1.82, 2.24) is 5.32 Å². The molecule has 21 heavy (non-hydrogen) atoms. The van der Waals surface area contributed by atoms with Gasteiger partial charge in [0.05, 0.1) is 0 Å². The van der Waals surface area contributed by atoms with Gasteiger partial charge in [0.25, 0.3) is 0 Å². The number of benzene rings is 2. The van der Waals surface area contributed by atoms with Crippen LogP contribution in [0.3, 0.4) is 0 Å². The molecule has 110 valence electrons. The lowest BCUT2D eigenvalue weighted by Crippen LogP contribution is -2.18. The molecule has 3 nitrogen and oxygen atoms in total. The second-order valence-electron chi connectivity index (χ2n) is 5.71. The van der Waals surface area contributed by atoms with Crippen LogP contribution >= 0.6 is 0 Å². The van der Waals surface area contributed by atoms with Gasteiger partial charge in [-0.25, -0.2) is 0 Å². The minimum atomic E-state index is 0.314. The number of rotatable bonds is 4. The lowest BCUT2D eigenvalue weighted by molar-refractivity contribution is 0.174. The van der Waals surface area contributed by atoms with E-state index < -0.39 is 0 Å². The summed E-state index contributed by atoms with van der Waals surface area (Å²) in [5.74, 6) is 1.68. The standard InChI is InChI=1S/C18H21NO2/c1-12-6-13(2)8-16(7-12)14(3)19-10-15-4-5-17-18(9-15)21-11-20-17/h4-9,14,19H,10-11H2,1-3H3. The Labute approximate surface area is 125 Å². The van der Waals surface area contributed by atoms with Gasteiger partial charge in [0.15, 0.2) is 11.5 Å². The fourth-order valence-corrected chi connectivity index (χ4v) is 2.70. The Morgan fingerprint density at radius 1 is 1.00 bits per heavy atom. The van der Waals surface area contributed by atoms with Crippen molar-refractivity contribution in [3.63, 3.8) is 0 Å². The third-order valence-electron chi connectivity index (χ3n) is 3.79. The van der Waals surface area contributed by atoms with Gasteiger partial charge in [-0.05, 0) is 44.0 Å². The monoisotopic (exact) mass is 283 g/mol. The summed E-state index contributed by atoms with van der Waals surface area (Å²) in [5.41, 5.74) is 5.15. The summed E-state index contributed by atoms with van der Waals surface area (Å²) >= 11 is 0. The van der Waals surface area contributed by atoms with Crippen molar-refractivity contribution in [1.29, 1.82) is 0 Å². The normalized spacial score (nSPS) is 14.2. The molecule has 0 aliphatic carbocycles. The SMILES string of the molecule is Cc1cc(C)cc(C(C)NCc2ccc3c(c2)OCO3)c1. The molecule has 2 aromatic rings. The Morgan fingerprint density at radius 2 is 1.71 bits per heavy atom. The average Bonchev–Trinajstić information content (AvgIpc) is 2.91. The van der Waals surface area contributed by atoms with Crippen LogP contribution in [0.4, 0.5) is 0 Å². The van der Waals surface area contributed by atoms with Gasteiger partial charge in [0.1, 0.15) is 0 Å². The fraction of sp³-hybridized carbons (Fsp3) is 0.333. The Hall–Kier alpha value is -2.00. The quantitative estimate of drug-likeness (QED) is 0.923. The van der Waals surface area contributed by atoms with Crippen molar-refractivity contribution < 1.29 is 9.47 Å². The maximum Gasteiger partial charge on any atom is 0.231 e. The average molecular weight is 283 g/mol. The number of fused-ring (bicyclic) bond motifs is 1. The molecule has 1 N–H and O–H groups in total. The van der Waals surface area contributed by atoms with Crippen LogP contribution in [0.15, 0.2) is 36.4 Å². The molecule has 0 spiro atoms. The van der Waals surface area contributed by atoms with E-state index in [1.165, 1.54) is 22.3 Å². The zero-order valence-electron chi connectivity index (χ0n) is 12.8. The van der Waals surface area contributed by atoms with Crippen LogP contribution in [-0.4, -0.2) is 6.79 Å². The molecular weight excluding hydrogens is 262 g/mol. The summed E-state index contributed by atoms with van der Waals surface area (Å²) in [7, 11) is 0. The van der Waals surface area contributed by atoms with Gasteiger partial charge in [0.2, 0.25) is 6.79 Å². The van der Waals surface area contributed by atoms with Gasteiger partial charge < -0.3 is 14.8 Å². The number of ether oxygens (including phenoxy) is 2. The van der Waals surface area contributed by atoms with Crippen molar-refractivity contribution in [3.8, 4) is 11.5 Å². The molecule has 1 heterocycles. The molecule has 0 saturated carbocycles. The van der Waals surface area contributed by atoms with Crippen molar-refractivity contribution in [3.05, 3.63) is 58.7 Å². The minimum Gasteiger partial charge on any atom is -0.454 e. The summed E-state index contributed by atoms with van der Waals surface area (Å²) < 4.78 is 10.7. The zero-order valence-corrected chi connectivity index (χ0v) is 12.8. The minimum absolute atomic E-state index is 0.314. The van der Waals surface area contributed by atoms with Crippen molar-refractivity contribution in [2.24, 2.45) is 0 Å². The Kier molecular flexibility index (Phi) is 3.84. The number of hydrogen-bond acceptors (Lipinski definition) is 3. The van der Waals surface area contributed by atoms with Gasteiger partial charge in [-0.15, -0.1) is 0 Å². The van der Waals surface area contributed by atoms with Gasteiger partial charge in [-0.2, -0.15) is 0 Å². The number of hydrogen-bond donors (Lipinski definition) is 1. The molecule has 0 radical (unpaired) electrons. The zero-order chi connectivity index (χ0) is 14.8. The molecule has 1 unspecified atom stereocenters. The maximum absolute atomic E-state index is 5.41. The maximum atomic E-state index is 5.41. The predicted molar refractivity (Wildman–Crippen MR) is 83.7 cm³/mol. The molecule has 3 heteroatoms. The number of nitrogens with one attached hydrogen (secondary N) is 1. The Balaban J connectivity index is 1.66. The van der Waals surface area contributed by atoms with Gasteiger partial charge in [0, 0.05) is 12.6 Å². The van der Waals surface area contributed by atoms with Crippen molar-refractivity contribution in [2.45, 2.75) is 33.4 Å². The van der Waals surface area contributed by atoms with E-state index in [1.54, 1.807) is 0 Å². The summed E-state index contributed by atoms with van der Waals surface area (Å²) in [6, 6.07) is 13.1. The topological polar surface area (TPSA) is 30.5 Å². The van der Waals surface area contributed by atoms with E-state index in [2.05, 4.69) is 50.4 Å².